The molecule has 2 bridgehead atoms. The van der Waals surface area contributed by atoms with Crippen LogP contribution in [0.4, 0.5) is 13.2 Å². The van der Waals surface area contributed by atoms with E-state index in [1.165, 1.54) is 12.1 Å². The Kier molecular flexibility index (Phi) is 3.52. The van der Waals surface area contributed by atoms with Gasteiger partial charge in [0.25, 0.3) is 5.91 Å². The second-order valence-electron chi connectivity index (χ2n) is 5.21. The Bertz CT molecular complexity index is 513. The van der Waals surface area contributed by atoms with E-state index in [1.54, 1.807) is 4.90 Å². The number of halogens is 3. The van der Waals surface area contributed by atoms with Crippen molar-refractivity contribution in [3.63, 3.8) is 0 Å². The third-order valence-corrected chi connectivity index (χ3v) is 3.81. The second kappa shape index (κ2) is 5.22. The molecule has 2 atom stereocenters. The first-order chi connectivity index (χ1) is 9.94. The van der Waals surface area contributed by atoms with Crippen LogP contribution in [0.15, 0.2) is 24.3 Å². The lowest BCUT2D eigenvalue weighted by Crippen LogP contribution is -2.49. The third-order valence-electron chi connectivity index (χ3n) is 3.81. The molecule has 2 fully saturated rings. The summed E-state index contributed by atoms with van der Waals surface area (Å²) >= 11 is 0. The van der Waals surface area contributed by atoms with E-state index in [9.17, 15) is 18.0 Å². The highest BCUT2D eigenvalue weighted by molar-refractivity contribution is 5.95. The number of hydrogen-bond donors (Lipinski definition) is 0. The van der Waals surface area contributed by atoms with Gasteiger partial charge in [0.05, 0.1) is 25.3 Å². The Morgan fingerprint density at radius 2 is 1.71 bits per heavy atom. The zero-order valence-electron chi connectivity index (χ0n) is 11.1. The highest BCUT2D eigenvalue weighted by Crippen LogP contribution is 2.31. The number of carbonyl (C=O) groups excluding carboxylic acids is 1. The van der Waals surface area contributed by atoms with Gasteiger partial charge in [-0.25, -0.2) is 0 Å². The maximum Gasteiger partial charge on any atom is 0.573 e. The molecular weight excluding hydrogens is 287 g/mol. The van der Waals surface area contributed by atoms with Gasteiger partial charge in [0.15, 0.2) is 0 Å². The summed E-state index contributed by atoms with van der Waals surface area (Å²) in [6, 6.07) is 5.17. The van der Waals surface area contributed by atoms with E-state index < -0.39 is 6.36 Å². The van der Waals surface area contributed by atoms with Crippen LogP contribution in [0.1, 0.15) is 23.2 Å². The van der Waals surface area contributed by atoms with Crippen LogP contribution in [0.5, 0.6) is 5.75 Å². The summed E-state index contributed by atoms with van der Waals surface area (Å²) < 4.78 is 45.5. The van der Waals surface area contributed by atoms with Crippen molar-refractivity contribution in [2.24, 2.45) is 0 Å². The molecule has 21 heavy (non-hydrogen) atoms. The van der Waals surface area contributed by atoms with Crippen LogP contribution in [-0.4, -0.2) is 42.5 Å². The molecule has 3 rings (SSSR count). The van der Waals surface area contributed by atoms with E-state index in [1.807, 2.05) is 0 Å². The second-order valence-corrected chi connectivity index (χ2v) is 5.21. The van der Waals surface area contributed by atoms with Crippen molar-refractivity contribution in [2.45, 2.75) is 31.3 Å². The third kappa shape index (κ3) is 2.97. The largest absolute Gasteiger partial charge is 0.573 e. The van der Waals surface area contributed by atoms with Crippen LogP contribution < -0.4 is 4.74 Å². The first kappa shape index (κ1) is 14.2. The van der Waals surface area contributed by atoms with Crippen LogP contribution in [0.3, 0.4) is 0 Å². The van der Waals surface area contributed by atoms with Crippen molar-refractivity contribution in [1.29, 1.82) is 0 Å². The van der Waals surface area contributed by atoms with E-state index in [0.717, 1.165) is 25.0 Å². The van der Waals surface area contributed by atoms with E-state index in [-0.39, 0.29) is 23.7 Å². The van der Waals surface area contributed by atoms with Gasteiger partial charge in [-0.3, -0.25) is 4.79 Å². The quantitative estimate of drug-likeness (QED) is 0.843. The highest BCUT2D eigenvalue weighted by Gasteiger charge is 2.40. The van der Waals surface area contributed by atoms with Gasteiger partial charge in [0, 0.05) is 5.56 Å². The molecule has 2 heterocycles. The van der Waals surface area contributed by atoms with Crippen molar-refractivity contribution in [2.75, 3.05) is 13.2 Å². The molecule has 0 aromatic heterocycles. The average Bonchev–Trinajstić information content (AvgIpc) is 2.66. The summed E-state index contributed by atoms with van der Waals surface area (Å²) in [6.07, 6.45) is -2.91. The maximum atomic E-state index is 12.5. The lowest BCUT2D eigenvalue weighted by atomic mass is 10.1. The van der Waals surface area contributed by atoms with Gasteiger partial charge in [-0.2, -0.15) is 0 Å². The molecule has 4 nitrogen and oxygen atoms in total. The van der Waals surface area contributed by atoms with Gasteiger partial charge in [-0.15, -0.1) is 13.2 Å². The minimum atomic E-state index is -4.73. The summed E-state index contributed by atoms with van der Waals surface area (Å²) in [4.78, 5) is 14.3. The number of carbonyl (C=O) groups is 1. The molecule has 2 aliphatic heterocycles. The maximum absolute atomic E-state index is 12.5. The number of morpholine rings is 1. The molecule has 7 heteroatoms. The van der Waals surface area contributed by atoms with Crippen LogP contribution in [-0.2, 0) is 4.74 Å². The predicted octanol–water partition coefficient (Wildman–Crippen LogP) is 2.59. The van der Waals surface area contributed by atoms with Crippen molar-refractivity contribution in [3.05, 3.63) is 29.8 Å². The van der Waals surface area contributed by atoms with Crippen LogP contribution >= 0.6 is 0 Å². The molecular formula is C14H14F3NO3. The standard InChI is InChI=1S/C14H14F3NO3/c15-14(16,17)21-12-5-1-9(2-6-12)13(19)18-10-3-4-11(18)8-20-7-10/h1-2,5-6,10-11H,3-4,7-8H2/t10-,11-/m1/s1. The molecule has 0 spiro atoms. The van der Waals surface area contributed by atoms with Crippen LogP contribution in [0.25, 0.3) is 0 Å². The zero-order valence-corrected chi connectivity index (χ0v) is 11.1. The lowest BCUT2D eigenvalue weighted by Gasteiger charge is -2.34. The van der Waals surface area contributed by atoms with Gasteiger partial charge in [0.1, 0.15) is 5.75 Å². The van der Waals surface area contributed by atoms with Crippen molar-refractivity contribution >= 4 is 5.91 Å². The molecule has 1 amide bonds. The topological polar surface area (TPSA) is 38.8 Å². The monoisotopic (exact) mass is 301 g/mol. The Morgan fingerprint density at radius 1 is 1.14 bits per heavy atom. The molecule has 0 saturated carbocycles. The predicted molar refractivity (Wildman–Crippen MR) is 66.9 cm³/mol. The Labute approximate surface area is 119 Å². The molecule has 114 valence electrons. The molecule has 1 aromatic rings. The SMILES string of the molecule is O=C(c1ccc(OC(F)(F)F)cc1)N1[C@@H]2CC[C@@H]1COC2. The lowest BCUT2D eigenvalue weighted by molar-refractivity contribution is -0.274. The average molecular weight is 301 g/mol. The molecule has 0 unspecified atom stereocenters. The fourth-order valence-corrected chi connectivity index (χ4v) is 2.91. The summed E-state index contributed by atoms with van der Waals surface area (Å²) in [5.41, 5.74) is 0.364. The summed E-state index contributed by atoms with van der Waals surface area (Å²) in [5.74, 6) is -0.492. The molecule has 1 aromatic carbocycles. The molecule has 2 saturated heterocycles. The number of nitrogens with zero attached hydrogens (tertiary/aromatic N) is 1. The fraction of sp³-hybridized carbons (Fsp3) is 0.500. The Morgan fingerprint density at radius 3 is 2.24 bits per heavy atom. The number of amides is 1. The summed E-state index contributed by atoms with van der Waals surface area (Å²) in [7, 11) is 0. The molecule has 0 radical (unpaired) electrons. The molecule has 0 aliphatic carbocycles. The smallest absolute Gasteiger partial charge is 0.406 e. The van der Waals surface area contributed by atoms with E-state index in [0.29, 0.717) is 18.8 Å². The number of fused-ring (bicyclic) bond motifs is 2. The molecule has 2 aliphatic rings. The Hall–Kier alpha value is -1.76. The van der Waals surface area contributed by atoms with Crippen LogP contribution in [0, 0.1) is 0 Å². The Balaban J connectivity index is 1.73. The number of ether oxygens (including phenoxy) is 2. The number of benzene rings is 1. The number of hydrogen-bond acceptors (Lipinski definition) is 3. The van der Waals surface area contributed by atoms with Gasteiger partial charge in [-0.05, 0) is 37.1 Å². The minimum absolute atomic E-state index is 0.0716. The summed E-state index contributed by atoms with van der Waals surface area (Å²) in [6.45, 7) is 1.05. The van der Waals surface area contributed by atoms with Crippen molar-refractivity contribution < 1.29 is 27.4 Å². The van der Waals surface area contributed by atoms with Crippen molar-refractivity contribution in [1.82, 2.24) is 4.90 Å². The first-order valence-corrected chi connectivity index (χ1v) is 6.70. The van der Waals surface area contributed by atoms with Crippen LogP contribution in [0.2, 0.25) is 0 Å². The fourth-order valence-electron chi connectivity index (χ4n) is 2.91. The number of alkyl halides is 3. The van der Waals surface area contributed by atoms with E-state index >= 15 is 0 Å². The number of rotatable bonds is 2. The van der Waals surface area contributed by atoms with Crippen molar-refractivity contribution in [3.8, 4) is 5.75 Å². The highest BCUT2D eigenvalue weighted by atomic mass is 19.4. The summed E-state index contributed by atoms with van der Waals surface area (Å²) in [5, 5.41) is 0. The van der Waals surface area contributed by atoms with E-state index in [4.69, 9.17) is 4.74 Å². The van der Waals surface area contributed by atoms with Gasteiger partial charge < -0.3 is 14.4 Å². The van der Waals surface area contributed by atoms with E-state index in [2.05, 4.69) is 4.74 Å². The van der Waals surface area contributed by atoms with Gasteiger partial charge in [0.2, 0.25) is 0 Å². The molecule has 0 N–H and O–H groups in total. The normalized spacial score (nSPS) is 25.0. The van der Waals surface area contributed by atoms with Gasteiger partial charge >= 0.3 is 6.36 Å². The zero-order chi connectivity index (χ0) is 15.0. The van der Waals surface area contributed by atoms with Gasteiger partial charge in [-0.1, -0.05) is 0 Å². The first-order valence-electron chi connectivity index (χ1n) is 6.70. The minimum Gasteiger partial charge on any atom is -0.406 e.